The van der Waals surface area contributed by atoms with E-state index >= 15 is 0 Å². The maximum atomic E-state index is 13.9. The zero-order valence-corrected chi connectivity index (χ0v) is 9.63. The number of hydrogen-bond donors (Lipinski definition) is 1. The van der Waals surface area contributed by atoms with Crippen molar-refractivity contribution in [2.45, 2.75) is 31.6 Å². The van der Waals surface area contributed by atoms with Gasteiger partial charge in [-0.25, -0.2) is 4.39 Å². The van der Waals surface area contributed by atoms with Gasteiger partial charge in [-0.05, 0) is 29.9 Å². The summed E-state index contributed by atoms with van der Waals surface area (Å²) in [5, 5.41) is 8.87. The Morgan fingerprint density at radius 2 is 2.06 bits per heavy atom. The summed E-state index contributed by atoms with van der Waals surface area (Å²) in [5.74, 6) is -2.92. The lowest BCUT2D eigenvalue weighted by atomic mass is 9.91. The second-order valence-electron chi connectivity index (χ2n) is 4.76. The van der Waals surface area contributed by atoms with E-state index < -0.39 is 17.6 Å². The average Bonchev–Trinajstić information content (AvgIpc) is 2.91. The molecule has 1 heterocycles. The molecule has 0 fully saturated rings. The lowest BCUT2D eigenvalue weighted by Crippen LogP contribution is -2.06. The summed E-state index contributed by atoms with van der Waals surface area (Å²) in [5.41, 5.74) is 1.71. The fourth-order valence-electron chi connectivity index (χ4n) is 3.06. The number of fused-ring (bicyclic) bond motifs is 3. The van der Waals surface area contributed by atoms with E-state index in [0.29, 0.717) is 42.6 Å². The lowest BCUT2D eigenvalue weighted by Gasteiger charge is -2.14. The predicted molar refractivity (Wildman–Crippen MR) is 58.9 cm³/mol. The van der Waals surface area contributed by atoms with E-state index in [9.17, 15) is 13.6 Å². The van der Waals surface area contributed by atoms with E-state index in [1.54, 1.807) is 0 Å². The molecule has 0 saturated carbocycles. The van der Waals surface area contributed by atoms with Crippen molar-refractivity contribution in [3.63, 3.8) is 0 Å². The van der Waals surface area contributed by atoms with Gasteiger partial charge in [0, 0.05) is 12.0 Å². The third-order valence-electron chi connectivity index (χ3n) is 3.75. The van der Waals surface area contributed by atoms with Gasteiger partial charge in [-0.1, -0.05) is 0 Å². The first kappa shape index (κ1) is 11.4. The molecule has 0 bridgehead atoms. The Morgan fingerprint density at radius 3 is 2.78 bits per heavy atom. The first-order chi connectivity index (χ1) is 8.59. The van der Waals surface area contributed by atoms with E-state index in [-0.39, 0.29) is 18.1 Å². The molecule has 0 saturated heterocycles. The Hall–Kier alpha value is -1.65. The number of carboxylic acid groups (broad SMARTS) is 1. The fourth-order valence-corrected chi connectivity index (χ4v) is 3.06. The third-order valence-corrected chi connectivity index (χ3v) is 3.75. The minimum atomic E-state index is -0.919. The van der Waals surface area contributed by atoms with Crippen molar-refractivity contribution in [3.8, 4) is 5.75 Å². The molecule has 1 aliphatic carbocycles. The molecular weight excluding hydrogens is 242 g/mol. The largest absolute Gasteiger partial charge is 0.490 e. The van der Waals surface area contributed by atoms with E-state index in [1.165, 1.54) is 0 Å². The van der Waals surface area contributed by atoms with Crippen LogP contribution in [0.5, 0.6) is 5.75 Å². The third kappa shape index (κ3) is 1.50. The zero-order chi connectivity index (χ0) is 12.9. The molecule has 1 aromatic carbocycles. The summed E-state index contributed by atoms with van der Waals surface area (Å²) in [6.07, 6.45) is 1.47. The van der Waals surface area contributed by atoms with Gasteiger partial charge in [-0.15, -0.1) is 0 Å². The summed E-state index contributed by atoms with van der Waals surface area (Å²) in [6.45, 7) is 0.335. The van der Waals surface area contributed by atoms with E-state index in [2.05, 4.69) is 0 Å². The average molecular weight is 254 g/mol. The number of aliphatic carboxylic acids is 1. The van der Waals surface area contributed by atoms with E-state index in [1.807, 2.05) is 0 Å². The second kappa shape index (κ2) is 3.93. The molecule has 0 radical (unpaired) electrons. The highest BCUT2D eigenvalue weighted by atomic mass is 19.2. The highest BCUT2D eigenvalue weighted by Gasteiger charge is 2.36. The molecule has 0 spiro atoms. The first-order valence-corrected chi connectivity index (χ1v) is 5.96. The molecule has 1 aromatic rings. The van der Waals surface area contributed by atoms with Crippen LogP contribution in [-0.4, -0.2) is 17.7 Å². The quantitative estimate of drug-likeness (QED) is 0.881. The van der Waals surface area contributed by atoms with Crippen LogP contribution in [0, 0.1) is 11.6 Å². The van der Waals surface area contributed by atoms with Crippen LogP contribution >= 0.6 is 0 Å². The summed E-state index contributed by atoms with van der Waals surface area (Å²) in [4.78, 5) is 10.8. The molecule has 3 nitrogen and oxygen atoms in total. The number of hydrogen-bond acceptors (Lipinski definition) is 2. The maximum absolute atomic E-state index is 13.9. The number of carboxylic acids is 1. The summed E-state index contributed by atoms with van der Waals surface area (Å²) < 4.78 is 32.7. The minimum absolute atomic E-state index is 0.0106. The van der Waals surface area contributed by atoms with E-state index in [0.717, 1.165) is 0 Å². The predicted octanol–water partition coefficient (Wildman–Crippen LogP) is 2.40. The van der Waals surface area contributed by atoms with Crippen LogP contribution in [0.15, 0.2) is 0 Å². The van der Waals surface area contributed by atoms with Crippen LogP contribution in [0.3, 0.4) is 0 Å². The van der Waals surface area contributed by atoms with Crippen LogP contribution in [-0.2, 0) is 17.6 Å². The lowest BCUT2D eigenvalue weighted by molar-refractivity contribution is -0.137. The van der Waals surface area contributed by atoms with Crippen LogP contribution in [0.2, 0.25) is 0 Å². The molecule has 2 aliphatic rings. The van der Waals surface area contributed by atoms with Gasteiger partial charge in [0.25, 0.3) is 0 Å². The summed E-state index contributed by atoms with van der Waals surface area (Å²) >= 11 is 0. The fraction of sp³-hybridized carbons (Fsp3) is 0.462. The smallest absolute Gasteiger partial charge is 0.303 e. The van der Waals surface area contributed by atoms with Crippen molar-refractivity contribution < 1.29 is 23.4 Å². The standard InChI is InChI=1S/C13H12F2O3/c14-11-7-2-1-6(5-9(16)17)10(7)8-3-4-18-13(8)12(11)15/h6H,1-5H2,(H,16,17). The Kier molecular flexibility index (Phi) is 2.50. The number of carbonyl (C=O) groups is 1. The van der Waals surface area contributed by atoms with Crippen molar-refractivity contribution in [2.75, 3.05) is 6.61 Å². The van der Waals surface area contributed by atoms with Crippen molar-refractivity contribution in [3.05, 3.63) is 28.3 Å². The molecule has 5 heteroatoms. The Bertz CT molecular complexity index is 540. The molecule has 96 valence electrons. The van der Waals surface area contributed by atoms with Gasteiger partial charge in [-0.2, -0.15) is 4.39 Å². The molecule has 3 rings (SSSR count). The van der Waals surface area contributed by atoms with E-state index in [4.69, 9.17) is 9.84 Å². The minimum Gasteiger partial charge on any atom is -0.490 e. The number of rotatable bonds is 2. The van der Waals surface area contributed by atoms with Crippen molar-refractivity contribution in [1.82, 2.24) is 0 Å². The van der Waals surface area contributed by atoms with Crippen molar-refractivity contribution in [2.24, 2.45) is 0 Å². The number of benzene rings is 1. The second-order valence-corrected chi connectivity index (χ2v) is 4.76. The van der Waals surface area contributed by atoms with Gasteiger partial charge in [0.2, 0.25) is 5.82 Å². The molecule has 0 amide bonds. The van der Waals surface area contributed by atoms with Gasteiger partial charge >= 0.3 is 5.97 Å². The monoisotopic (exact) mass is 254 g/mol. The molecule has 0 aromatic heterocycles. The van der Waals surface area contributed by atoms with Gasteiger partial charge in [0.15, 0.2) is 11.6 Å². The number of ether oxygens (including phenoxy) is 1. The molecular formula is C13H12F2O3. The van der Waals surface area contributed by atoms with Gasteiger partial charge in [-0.3, -0.25) is 4.79 Å². The summed E-state index contributed by atoms with van der Waals surface area (Å²) in [7, 11) is 0. The van der Waals surface area contributed by atoms with Crippen LogP contribution in [0.1, 0.15) is 35.4 Å². The van der Waals surface area contributed by atoms with Crippen molar-refractivity contribution >= 4 is 5.97 Å². The molecule has 1 aliphatic heterocycles. The van der Waals surface area contributed by atoms with Crippen molar-refractivity contribution in [1.29, 1.82) is 0 Å². The van der Waals surface area contributed by atoms with Crippen LogP contribution in [0.25, 0.3) is 0 Å². The molecule has 18 heavy (non-hydrogen) atoms. The van der Waals surface area contributed by atoms with Crippen LogP contribution in [0.4, 0.5) is 8.78 Å². The molecule has 1 N–H and O–H groups in total. The maximum Gasteiger partial charge on any atom is 0.303 e. The normalized spacial score (nSPS) is 20.4. The van der Waals surface area contributed by atoms with Gasteiger partial charge in [0.05, 0.1) is 13.0 Å². The topological polar surface area (TPSA) is 46.5 Å². The Morgan fingerprint density at radius 1 is 1.28 bits per heavy atom. The number of halogens is 2. The molecule has 1 atom stereocenters. The summed E-state index contributed by atoms with van der Waals surface area (Å²) in [6, 6.07) is 0. The highest BCUT2D eigenvalue weighted by molar-refractivity contribution is 5.69. The van der Waals surface area contributed by atoms with Gasteiger partial charge < -0.3 is 9.84 Å². The Labute approximate surface area is 102 Å². The Balaban J connectivity index is 2.15. The van der Waals surface area contributed by atoms with Crippen LogP contribution < -0.4 is 4.74 Å². The highest BCUT2D eigenvalue weighted by Crippen LogP contribution is 2.46. The zero-order valence-electron chi connectivity index (χ0n) is 9.63. The van der Waals surface area contributed by atoms with Gasteiger partial charge in [0.1, 0.15) is 0 Å². The molecule has 1 unspecified atom stereocenters. The SMILES string of the molecule is O=C(O)CC1CCc2c(F)c(F)c3c(c21)CCO3. The first-order valence-electron chi connectivity index (χ1n) is 5.96.